The Morgan fingerprint density at radius 3 is 2.72 bits per heavy atom. The fourth-order valence-corrected chi connectivity index (χ4v) is 2.46. The largest absolute Gasteiger partial charge is 0.348 e. The molecule has 0 unspecified atom stereocenters. The van der Waals surface area contributed by atoms with Crippen molar-refractivity contribution in [1.82, 2.24) is 20.1 Å². The minimum absolute atomic E-state index is 0.142. The zero-order valence-electron chi connectivity index (χ0n) is 13.5. The Hall–Kier alpha value is -2.92. The van der Waals surface area contributed by atoms with Crippen molar-refractivity contribution < 1.29 is 4.79 Å². The van der Waals surface area contributed by atoms with Crippen LogP contribution in [0.2, 0.25) is 5.02 Å². The minimum Gasteiger partial charge on any atom is -0.348 e. The lowest BCUT2D eigenvalue weighted by Crippen LogP contribution is -2.20. The van der Waals surface area contributed by atoms with Crippen molar-refractivity contribution in [2.75, 3.05) is 0 Å². The van der Waals surface area contributed by atoms with E-state index in [1.54, 1.807) is 29.2 Å². The molecule has 1 amide bonds. The van der Waals surface area contributed by atoms with Gasteiger partial charge in [-0.1, -0.05) is 48.0 Å². The molecule has 6 heteroatoms. The highest BCUT2D eigenvalue weighted by Crippen LogP contribution is 2.10. The SMILES string of the molecule is O=C(/C=C/c1ccc(Cl)cc1)NCc1cccc(Cn2cncn2)c1. The lowest BCUT2D eigenvalue weighted by molar-refractivity contribution is -0.116. The summed E-state index contributed by atoms with van der Waals surface area (Å²) in [4.78, 5) is 15.9. The number of rotatable bonds is 6. The first kappa shape index (κ1) is 16.9. The molecule has 0 saturated heterocycles. The molecular formula is C19H17ClN4O. The molecule has 0 aliphatic rings. The first-order chi connectivity index (χ1) is 12.2. The molecule has 25 heavy (non-hydrogen) atoms. The van der Waals surface area contributed by atoms with Gasteiger partial charge < -0.3 is 5.32 Å². The molecule has 0 atom stereocenters. The van der Waals surface area contributed by atoms with Crippen molar-refractivity contribution in [3.63, 3.8) is 0 Å². The van der Waals surface area contributed by atoms with Gasteiger partial charge in [-0.2, -0.15) is 5.10 Å². The van der Waals surface area contributed by atoms with Gasteiger partial charge in [0.1, 0.15) is 12.7 Å². The number of nitrogens with zero attached hydrogens (tertiary/aromatic N) is 3. The van der Waals surface area contributed by atoms with Gasteiger partial charge in [-0.3, -0.25) is 4.79 Å². The number of aromatic nitrogens is 3. The van der Waals surface area contributed by atoms with E-state index >= 15 is 0 Å². The zero-order chi connectivity index (χ0) is 17.5. The molecule has 0 radical (unpaired) electrons. The van der Waals surface area contributed by atoms with Gasteiger partial charge in [0.2, 0.25) is 5.91 Å². The van der Waals surface area contributed by atoms with E-state index in [4.69, 9.17) is 11.6 Å². The molecule has 2 aromatic carbocycles. The Bertz CT molecular complexity index is 857. The molecule has 0 spiro atoms. The summed E-state index contributed by atoms with van der Waals surface area (Å²) in [6.45, 7) is 1.12. The van der Waals surface area contributed by atoms with E-state index in [1.807, 2.05) is 36.4 Å². The monoisotopic (exact) mass is 352 g/mol. The molecule has 0 bridgehead atoms. The van der Waals surface area contributed by atoms with Gasteiger partial charge >= 0.3 is 0 Å². The highest BCUT2D eigenvalue weighted by atomic mass is 35.5. The lowest BCUT2D eigenvalue weighted by atomic mass is 10.1. The summed E-state index contributed by atoms with van der Waals surface area (Å²) in [5.74, 6) is -0.142. The fourth-order valence-electron chi connectivity index (χ4n) is 2.33. The van der Waals surface area contributed by atoms with Crippen molar-refractivity contribution in [1.29, 1.82) is 0 Å². The van der Waals surface area contributed by atoms with Crippen LogP contribution in [0.15, 0.2) is 67.3 Å². The summed E-state index contributed by atoms with van der Waals surface area (Å²) in [6.07, 6.45) is 6.46. The van der Waals surface area contributed by atoms with Gasteiger partial charge in [0.05, 0.1) is 6.54 Å². The predicted molar refractivity (Wildman–Crippen MR) is 97.9 cm³/mol. The first-order valence-electron chi connectivity index (χ1n) is 7.81. The van der Waals surface area contributed by atoms with Crippen LogP contribution in [-0.4, -0.2) is 20.7 Å². The van der Waals surface area contributed by atoms with E-state index in [1.165, 1.54) is 12.4 Å². The van der Waals surface area contributed by atoms with Crippen molar-refractivity contribution in [3.8, 4) is 0 Å². The summed E-state index contributed by atoms with van der Waals surface area (Å²) in [5.41, 5.74) is 3.06. The maximum atomic E-state index is 12.0. The number of halogens is 1. The molecule has 0 fully saturated rings. The van der Waals surface area contributed by atoms with Crippen LogP contribution in [0.25, 0.3) is 6.08 Å². The number of carbonyl (C=O) groups is 1. The second kappa shape index (κ2) is 8.26. The van der Waals surface area contributed by atoms with Crippen molar-refractivity contribution in [2.24, 2.45) is 0 Å². The molecule has 0 saturated carbocycles. The van der Waals surface area contributed by atoms with Gasteiger partial charge in [0.25, 0.3) is 0 Å². The zero-order valence-corrected chi connectivity index (χ0v) is 14.2. The molecular weight excluding hydrogens is 336 g/mol. The first-order valence-corrected chi connectivity index (χ1v) is 8.18. The number of carbonyl (C=O) groups excluding carboxylic acids is 1. The molecule has 1 heterocycles. The number of amides is 1. The van der Waals surface area contributed by atoms with Crippen LogP contribution >= 0.6 is 11.6 Å². The van der Waals surface area contributed by atoms with E-state index < -0.39 is 0 Å². The van der Waals surface area contributed by atoms with Crippen LogP contribution in [0.1, 0.15) is 16.7 Å². The van der Waals surface area contributed by atoms with Crippen LogP contribution in [-0.2, 0) is 17.9 Å². The van der Waals surface area contributed by atoms with Crippen LogP contribution in [0, 0.1) is 0 Å². The maximum absolute atomic E-state index is 12.0. The van der Waals surface area contributed by atoms with Crippen LogP contribution < -0.4 is 5.32 Å². The Kier molecular flexibility index (Phi) is 5.59. The predicted octanol–water partition coefficient (Wildman–Crippen LogP) is 3.31. The normalized spacial score (nSPS) is 10.9. The summed E-state index contributed by atoms with van der Waals surface area (Å²) in [7, 11) is 0. The highest BCUT2D eigenvalue weighted by Gasteiger charge is 2.00. The Labute approximate surface area is 151 Å². The Morgan fingerprint density at radius 1 is 1.16 bits per heavy atom. The second-order valence-electron chi connectivity index (χ2n) is 5.52. The molecule has 5 nitrogen and oxygen atoms in total. The van der Waals surface area contributed by atoms with E-state index in [0.717, 1.165) is 16.7 Å². The summed E-state index contributed by atoms with van der Waals surface area (Å²) in [5, 5.41) is 7.65. The third-order valence-electron chi connectivity index (χ3n) is 3.57. The van der Waals surface area contributed by atoms with Gasteiger partial charge in [-0.25, -0.2) is 9.67 Å². The quantitative estimate of drug-likeness (QED) is 0.692. The highest BCUT2D eigenvalue weighted by molar-refractivity contribution is 6.30. The fraction of sp³-hybridized carbons (Fsp3) is 0.105. The van der Waals surface area contributed by atoms with E-state index in [-0.39, 0.29) is 5.91 Å². The number of hydrogen-bond acceptors (Lipinski definition) is 3. The van der Waals surface area contributed by atoms with Gasteiger partial charge in [-0.15, -0.1) is 0 Å². The summed E-state index contributed by atoms with van der Waals surface area (Å²) < 4.78 is 1.76. The van der Waals surface area contributed by atoms with Crippen molar-refractivity contribution in [2.45, 2.75) is 13.1 Å². The maximum Gasteiger partial charge on any atom is 0.244 e. The van der Waals surface area contributed by atoms with E-state index in [0.29, 0.717) is 18.1 Å². The third kappa shape index (κ3) is 5.29. The van der Waals surface area contributed by atoms with Crippen molar-refractivity contribution in [3.05, 3.63) is 89.0 Å². The molecule has 3 aromatic rings. The average Bonchev–Trinajstić information content (AvgIpc) is 3.13. The topological polar surface area (TPSA) is 59.8 Å². The molecule has 1 N–H and O–H groups in total. The Morgan fingerprint density at radius 2 is 1.96 bits per heavy atom. The second-order valence-corrected chi connectivity index (χ2v) is 5.95. The smallest absolute Gasteiger partial charge is 0.244 e. The summed E-state index contributed by atoms with van der Waals surface area (Å²) in [6, 6.07) is 15.3. The number of benzene rings is 2. The standard InChI is InChI=1S/C19H17ClN4O/c20-18-7-4-15(5-8-18)6-9-19(25)22-11-16-2-1-3-17(10-16)12-24-14-21-13-23-24/h1-10,13-14H,11-12H2,(H,22,25)/b9-6+. The molecule has 0 aliphatic heterocycles. The van der Waals surface area contributed by atoms with Crippen LogP contribution in [0.4, 0.5) is 0 Å². The van der Waals surface area contributed by atoms with Crippen LogP contribution in [0.3, 0.4) is 0 Å². The summed E-state index contributed by atoms with van der Waals surface area (Å²) >= 11 is 5.84. The van der Waals surface area contributed by atoms with E-state index in [2.05, 4.69) is 15.4 Å². The lowest BCUT2D eigenvalue weighted by Gasteiger charge is -2.06. The van der Waals surface area contributed by atoms with Gasteiger partial charge in [0, 0.05) is 17.6 Å². The van der Waals surface area contributed by atoms with E-state index in [9.17, 15) is 4.79 Å². The van der Waals surface area contributed by atoms with Crippen molar-refractivity contribution >= 4 is 23.6 Å². The molecule has 0 aliphatic carbocycles. The van der Waals surface area contributed by atoms with Crippen LogP contribution in [0.5, 0.6) is 0 Å². The molecule has 126 valence electrons. The third-order valence-corrected chi connectivity index (χ3v) is 3.82. The Balaban J connectivity index is 1.54. The number of nitrogens with one attached hydrogen (secondary N) is 1. The van der Waals surface area contributed by atoms with Gasteiger partial charge in [-0.05, 0) is 34.9 Å². The van der Waals surface area contributed by atoms with Gasteiger partial charge in [0.15, 0.2) is 0 Å². The minimum atomic E-state index is -0.142. The molecule has 1 aromatic heterocycles. The average molecular weight is 353 g/mol. The molecule has 3 rings (SSSR count). The number of hydrogen-bond donors (Lipinski definition) is 1.